The monoisotopic (exact) mass is 313 g/mol. The Morgan fingerprint density at radius 1 is 1.57 bits per heavy atom. The van der Waals surface area contributed by atoms with Crippen LogP contribution in [0.2, 0.25) is 5.02 Å². The second kappa shape index (κ2) is 6.90. The molecule has 0 spiro atoms. The highest BCUT2D eigenvalue weighted by Crippen LogP contribution is 2.41. The van der Waals surface area contributed by atoms with E-state index >= 15 is 0 Å². The molecule has 1 aliphatic rings. The van der Waals surface area contributed by atoms with Gasteiger partial charge in [0.15, 0.2) is 5.78 Å². The lowest BCUT2D eigenvalue weighted by molar-refractivity contribution is 0.0680. The van der Waals surface area contributed by atoms with Crippen LogP contribution in [-0.2, 0) is 11.3 Å². The molecule has 0 saturated heterocycles. The lowest BCUT2D eigenvalue weighted by atomic mass is 9.67. The zero-order chi connectivity index (χ0) is 15.5. The number of Topliss-reactive ketones (excluding diaryl/α,β-unsaturated/α-hetero) is 1. The molecule has 0 aliphatic heterocycles. The van der Waals surface area contributed by atoms with Crippen LogP contribution >= 0.6 is 11.6 Å². The van der Waals surface area contributed by atoms with Gasteiger partial charge in [-0.1, -0.05) is 18.5 Å². The molecule has 5 nitrogen and oxygen atoms in total. The molecule has 1 saturated carbocycles. The van der Waals surface area contributed by atoms with Gasteiger partial charge in [-0.3, -0.25) is 9.48 Å². The zero-order valence-corrected chi connectivity index (χ0v) is 13.5. The van der Waals surface area contributed by atoms with E-state index in [1.165, 1.54) is 6.20 Å². The van der Waals surface area contributed by atoms with Crippen molar-refractivity contribution in [3.63, 3.8) is 0 Å². The number of rotatable bonds is 6. The Kier molecular flexibility index (Phi) is 5.41. The van der Waals surface area contributed by atoms with Gasteiger partial charge in [0.25, 0.3) is 0 Å². The van der Waals surface area contributed by atoms with Crippen molar-refractivity contribution in [3.05, 3.63) is 16.9 Å². The molecule has 1 aromatic rings. The molecule has 1 fully saturated rings. The molecule has 0 aromatic carbocycles. The van der Waals surface area contributed by atoms with Gasteiger partial charge in [-0.05, 0) is 31.6 Å². The number of nitrogens with zero attached hydrogens (tertiary/aromatic N) is 2. The van der Waals surface area contributed by atoms with Crippen LogP contribution < -0.4 is 5.73 Å². The SMILES string of the molecule is COCCn1ncc(Cl)c1C(=O)C1(CN)CCC(C)CC1. The molecule has 0 unspecified atom stereocenters. The van der Waals surface area contributed by atoms with E-state index in [0.29, 0.717) is 36.3 Å². The first-order valence-electron chi connectivity index (χ1n) is 7.49. The molecule has 118 valence electrons. The van der Waals surface area contributed by atoms with E-state index in [-0.39, 0.29) is 5.78 Å². The lowest BCUT2D eigenvalue weighted by Gasteiger charge is -2.37. The van der Waals surface area contributed by atoms with Crippen LogP contribution in [0.4, 0.5) is 0 Å². The van der Waals surface area contributed by atoms with Gasteiger partial charge in [0, 0.05) is 19.1 Å². The van der Waals surface area contributed by atoms with E-state index in [4.69, 9.17) is 22.1 Å². The van der Waals surface area contributed by atoms with Gasteiger partial charge in [-0.15, -0.1) is 0 Å². The average molecular weight is 314 g/mol. The van der Waals surface area contributed by atoms with E-state index < -0.39 is 5.41 Å². The number of hydrogen-bond acceptors (Lipinski definition) is 4. The van der Waals surface area contributed by atoms with Gasteiger partial charge >= 0.3 is 0 Å². The summed E-state index contributed by atoms with van der Waals surface area (Å²) in [5.74, 6) is 0.696. The summed E-state index contributed by atoms with van der Waals surface area (Å²) >= 11 is 6.20. The maximum absolute atomic E-state index is 13.1. The minimum absolute atomic E-state index is 0.0375. The number of halogens is 1. The third kappa shape index (κ3) is 3.30. The summed E-state index contributed by atoms with van der Waals surface area (Å²) < 4.78 is 6.70. The smallest absolute Gasteiger partial charge is 0.189 e. The maximum Gasteiger partial charge on any atom is 0.189 e. The standard InChI is InChI=1S/C15H24ClN3O2/c1-11-3-5-15(10-17,6-4-11)14(20)13-12(16)9-18-19(13)7-8-21-2/h9,11H,3-8,10,17H2,1-2H3. The Morgan fingerprint density at radius 3 is 2.81 bits per heavy atom. The van der Waals surface area contributed by atoms with Crippen molar-refractivity contribution in [1.82, 2.24) is 9.78 Å². The fourth-order valence-electron chi connectivity index (χ4n) is 3.03. The number of carbonyl (C=O) groups is 1. The average Bonchev–Trinajstić information content (AvgIpc) is 2.86. The molecule has 2 N–H and O–H groups in total. The van der Waals surface area contributed by atoms with Crippen LogP contribution in [-0.4, -0.2) is 35.8 Å². The highest BCUT2D eigenvalue weighted by Gasteiger charge is 2.42. The van der Waals surface area contributed by atoms with Gasteiger partial charge in [-0.2, -0.15) is 5.10 Å². The highest BCUT2D eigenvalue weighted by atomic mass is 35.5. The van der Waals surface area contributed by atoms with Crippen LogP contribution in [0, 0.1) is 11.3 Å². The second-order valence-electron chi connectivity index (χ2n) is 6.05. The van der Waals surface area contributed by atoms with Crippen molar-refractivity contribution < 1.29 is 9.53 Å². The number of nitrogens with two attached hydrogens (primary N) is 1. The van der Waals surface area contributed by atoms with Crippen LogP contribution in [0.3, 0.4) is 0 Å². The third-order valence-corrected chi connectivity index (χ3v) is 4.90. The minimum Gasteiger partial charge on any atom is -0.383 e. The van der Waals surface area contributed by atoms with Crippen molar-refractivity contribution >= 4 is 17.4 Å². The van der Waals surface area contributed by atoms with E-state index in [2.05, 4.69) is 12.0 Å². The summed E-state index contributed by atoms with van der Waals surface area (Å²) in [6.45, 7) is 3.59. The number of ketones is 1. The Balaban J connectivity index is 2.27. The van der Waals surface area contributed by atoms with Crippen molar-refractivity contribution in [2.75, 3.05) is 20.3 Å². The molecule has 6 heteroatoms. The Morgan fingerprint density at radius 2 is 2.24 bits per heavy atom. The summed E-state index contributed by atoms with van der Waals surface area (Å²) in [7, 11) is 1.62. The van der Waals surface area contributed by atoms with Crippen molar-refractivity contribution in [3.8, 4) is 0 Å². The molecule has 21 heavy (non-hydrogen) atoms. The van der Waals surface area contributed by atoms with Gasteiger partial charge < -0.3 is 10.5 Å². The number of aromatic nitrogens is 2. The third-order valence-electron chi connectivity index (χ3n) is 4.62. The quantitative estimate of drug-likeness (QED) is 0.819. The largest absolute Gasteiger partial charge is 0.383 e. The van der Waals surface area contributed by atoms with E-state index in [0.717, 1.165) is 25.7 Å². The number of ether oxygens (including phenoxy) is 1. The normalized spacial score (nSPS) is 26.0. The van der Waals surface area contributed by atoms with Gasteiger partial charge in [-0.25, -0.2) is 0 Å². The molecule has 1 aromatic heterocycles. The summed E-state index contributed by atoms with van der Waals surface area (Å²) in [5.41, 5.74) is 5.97. The highest BCUT2D eigenvalue weighted by molar-refractivity contribution is 6.33. The lowest BCUT2D eigenvalue weighted by Crippen LogP contribution is -2.42. The number of methoxy groups -OCH3 is 1. The molecular weight excluding hydrogens is 290 g/mol. The zero-order valence-electron chi connectivity index (χ0n) is 12.8. The van der Waals surface area contributed by atoms with Crippen LogP contribution in [0.1, 0.15) is 43.1 Å². The fourth-order valence-corrected chi connectivity index (χ4v) is 3.25. The second-order valence-corrected chi connectivity index (χ2v) is 6.46. The minimum atomic E-state index is -0.485. The topological polar surface area (TPSA) is 70.1 Å². The first-order valence-corrected chi connectivity index (χ1v) is 7.87. The van der Waals surface area contributed by atoms with Crippen LogP contribution in [0.15, 0.2) is 6.20 Å². The van der Waals surface area contributed by atoms with Gasteiger partial charge in [0.2, 0.25) is 0 Å². The molecule has 1 aliphatic carbocycles. The number of hydrogen-bond donors (Lipinski definition) is 1. The van der Waals surface area contributed by atoms with E-state index in [1.54, 1.807) is 11.8 Å². The summed E-state index contributed by atoms with van der Waals surface area (Å²) in [4.78, 5) is 13.1. The molecule has 0 atom stereocenters. The van der Waals surface area contributed by atoms with Gasteiger partial charge in [0.1, 0.15) is 5.69 Å². The van der Waals surface area contributed by atoms with Crippen molar-refractivity contribution in [2.45, 2.75) is 39.2 Å². The maximum atomic E-state index is 13.1. The molecule has 0 bridgehead atoms. The molecular formula is C15H24ClN3O2. The van der Waals surface area contributed by atoms with E-state index in [9.17, 15) is 4.79 Å². The first kappa shape index (κ1) is 16.5. The van der Waals surface area contributed by atoms with Crippen molar-refractivity contribution in [1.29, 1.82) is 0 Å². The summed E-state index contributed by atoms with van der Waals surface area (Å²) in [5, 5.41) is 4.60. The summed E-state index contributed by atoms with van der Waals surface area (Å²) in [6, 6.07) is 0. The van der Waals surface area contributed by atoms with Crippen LogP contribution in [0.5, 0.6) is 0 Å². The predicted molar refractivity (Wildman–Crippen MR) is 82.6 cm³/mol. The molecule has 0 amide bonds. The predicted octanol–water partition coefficient (Wildman–Crippen LogP) is 2.52. The fraction of sp³-hybridized carbons (Fsp3) is 0.733. The van der Waals surface area contributed by atoms with Crippen LogP contribution in [0.25, 0.3) is 0 Å². The Labute approximate surface area is 130 Å². The number of carbonyl (C=O) groups excluding carboxylic acids is 1. The summed E-state index contributed by atoms with van der Waals surface area (Å²) in [6.07, 6.45) is 5.25. The first-order chi connectivity index (χ1) is 10.0. The van der Waals surface area contributed by atoms with E-state index in [1.807, 2.05) is 0 Å². The Hall–Kier alpha value is -0.910. The van der Waals surface area contributed by atoms with Crippen molar-refractivity contribution in [2.24, 2.45) is 17.1 Å². The Bertz CT molecular complexity index is 493. The van der Waals surface area contributed by atoms with Gasteiger partial charge in [0.05, 0.1) is 24.4 Å². The molecule has 1 heterocycles. The molecule has 2 rings (SSSR count). The molecule has 0 radical (unpaired) electrons.